The largest absolute Gasteiger partial charge is 0.444 e. The van der Waals surface area contributed by atoms with Crippen LogP contribution in [0, 0.1) is 11.3 Å². The van der Waals surface area contributed by atoms with Gasteiger partial charge >= 0.3 is 6.09 Å². The van der Waals surface area contributed by atoms with Crippen molar-refractivity contribution in [1.29, 1.82) is 0 Å². The van der Waals surface area contributed by atoms with E-state index in [1.165, 1.54) is 0 Å². The van der Waals surface area contributed by atoms with Crippen molar-refractivity contribution in [1.82, 2.24) is 9.80 Å². The summed E-state index contributed by atoms with van der Waals surface area (Å²) < 4.78 is 5.43. The Bertz CT molecular complexity index is 470. The van der Waals surface area contributed by atoms with Crippen molar-refractivity contribution in [2.45, 2.75) is 51.2 Å². The molecule has 4 aliphatic rings. The van der Waals surface area contributed by atoms with Crippen molar-refractivity contribution in [3.63, 3.8) is 0 Å². The zero-order valence-electron chi connectivity index (χ0n) is 14.5. The monoisotopic (exact) mass is 326 g/mol. The molecule has 0 aliphatic carbocycles. The van der Waals surface area contributed by atoms with Gasteiger partial charge in [0.25, 0.3) is 0 Å². The van der Waals surface area contributed by atoms with Gasteiger partial charge in [-0.2, -0.15) is 0 Å². The Morgan fingerprint density at radius 1 is 1.22 bits per heavy atom. The molecular formula is C17H30N2O4. The van der Waals surface area contributed by atoms with Crippen LogP contribution in [0.25, 0.3) is 0 Å². The molecule has 1 amide bonds. The Kier molecular flexibility index (Phi) is 4.14. The molecule has 132 valence electrons. The number of rotatable bonds is 2. The number of aliphatic hydroxyl groups is 2. The maximum absolute atomic E-state index is 12.3. The molecule has 2 N–H and O–H groups in total. The van der Waals surface area contributed by atoms with E-state index in [0.717, 1.165) is 32.5 Å². The second-order valence-electron chi connectivity index (χ2n) is 8.55. The lowest BCUT2D eigenvalue weighted by Crippen LogP contribution is -2.67. The molecule has 0 spiro atoms. The van der Waals surface area contributed by atoms with Crippen LogP contribution in [0.15, 0.2) is 0 Å². The van der Waals surface area contributed by atoms with Gasteiger partial charge in [0, 0.05) is 18.5 Å². The van der Waals surface area contributed by atoms with Gasteiger partial charge in [-0.1, -0.05) is 0 Å². The number of nitrogens with zero attached hydrogens (tertiary/aromatic N) is 2. The van der Waals surface area contributed by atoms with Gasteiger partial charge in [0.15, 0.2) is 0 Å². The summed E-state index contributed by atoms with van der Waals surface area (Å²) in [6.45, 7) is 9.09. The number of carbonyl (C=O) groups excluding carboxylic acids is 1. The molecule has 4 aliphatic heterocycles. The number of likely N-dealkylation sites (tertiary alicyclic amines) is 1. The number of fused-ring (bicyclic) bond motifs is 3. The molecule has 6 heteroatoms. The van der Waals surface area contributed by atoms with Crippen molar-refractivity contribution in [2.24, 2.45) is 11.3 Å². The van der Waals surface area contributed by atoms with E-state index in [4.69, 9.17) is 4.74 Å². The highest BCUT2D eigenvalue weighted by Gasteiger charge is 2.61. The number of β-amino-alcohol motifs (C(OH)–C–C–N with tert-alkyl or cyclic N) is 1. The number of aliphatic hydroxyl groups excluding tert-OH is 1. The van der Waals surface area contributed by atoms with Gasteiger partial charge < -0.3 is 24.7 Å². The first kappa shape index (κ1) is 17.0. The van der Waals surface area contributed by atoms with Gasteiger partial charge in [-0.25, -0.2) is 4.79 Å². The number of carbonyl (C=O) groups is 1. The van der Waals surface area contributed by atoms with E-state index in [2.05, 4.69) is 4.90 Å². The average molecular weight is 326 g/mol. The van der Waals surface area contributed by atoms with Crippen LogP contribution in [0.5, 0.6) is 0 Å². The minimum atomic E-state index is -1.03. The van der Waals surface area contributed by atoms with Crippen LogP contribution >= 0.6 is 0 Å². The predicted octanol–water partition coefficient (Wildman–Crippen LogP) is 1.06. The van der Waals surface area contributed by atoms with E-state index in [0.29, 0.717) is 18.9 Å². The molecular weight excluding hydrogens is 296 g/mol. The summed E-state index contributed by atoms with van der Waals surface area (Å²) in [7, 11) is 0. The third-order valence-corrected chi connectivity index (χ3v) is 5.98. The van der Waals surface area contributed by atoms with Crippen LogP contribution < -0.4 is 0 Å². The summed E-state index contributed by atoms with van der Waals surface area (Å²) in [4.78, 5) is 16.2. The van der Waals surface area contributed by atoms with Gasteiger partial charge in [-0.15, -0.1) is 0 Å². The molecule has 0 aromatic heterocycles. The third-order valence-electron chi connectivity index (χ3n) is 5.98. The fraction of sp³-hybridized carbons (Fsp3) is 0.941. The van der Waals surface area contributed by atoms with E-state index in [1.54, 1.807) is 4.90 Å². The van der Waals surface area contributed by atoms with Crippen LogP contribution in [-0.2, 0) is 4.74 Å². The second kappa shape index (κ2) is 5.60. The highest BCUT2D eigenvalue weighted by molar-refractivity contribution is 5.68. The topological polar surface area (TPSA) is 73.2 Å². The molecule has 2 unspecified atom stereocenters. The molecule has 4 heterocycles. The van der Waals surface area contributed by atoms with Gasteiger partial charge in [-0.3, -0.25) is 0 Å². The van der Waals surface area contributed by atoms with Crippen molar-refractivity contribution in [3.8, 4) is 0 Å². The second-order valence-corrected chi connectivity index (χ2v) is 8.55. The van der Waals surface area contributed by atoms with Crippen LogP contribution in [0.1, 0.15) is 40.0 Å². The molecule has 23 heavy (non-hydrogen) atoms. The van der Waals surface area contributed by atoms with Gasteiger partial charge in [0.05, 0.1) is 18.8 Å². The molecule has 6 nitrogen and oxygen atoms in total. The maximum Gasteiger partial charge on any atom is 0.410 e. The number of hydrogen-bond donors (Lipinski definition) is 2. The fourth-order valence-electron chi connectivity index (χ4n) is 4.71. The standard InChI is InChI=1S/C17H30N2O4/c1-15(2,3)23-14(21)19-9-6-17(22,11-19)16(12-20)10-18-7-4-13(16)5-8-18/h13,20,22H,4-12H2,1-3H3. The highest BCUT2D eigenvalue weighted by Crippen LogP contribution is 2.51. The maximum atomic E-state index is 12.3. The van der Waals surface area contributed by atoms with E-state index < -0.39 is 16.6 Å². The quantitative estimate of drug-likeness (QED) is 0.794. The zero-order valence-corrected chi connectivity index (χ0v) is 14.5. The lowest BCUT2D eigenvalue weighted by atomic mass is 9.58. The van der Waals surface area contributed by atoms with Crippen molar-refractivity contribution in [2.75, 3.05) is 39.3 Å². The van der Waals surface area contributed by atoms with Gasteiger partial charge in [0.2, 0.25) is 0 Å². The lowest BCUT2D eigenvalue weighted by Gasteiger charge is -2.58. The lowest BCUT2D eigenvalue weighted by molar-refractivity contribution is -0.182. The molecule has 0 saturated carbocycles. The van der Waals surface area contributed by atoms with Crippen LogP contribution in [0.4, 0.5) is 4.79 Å². The van der Waals surface area contributed by atoms with E-state index in [-0.39, 0.29) is 19.2 Å². The molecule has 4 fully saturated rings. The number of hydrogen-bond acceptors (Lipinski definition) is 5. The molecule has 2 bridgehead atoms. The molecule has 0 aromatic carbocycles. The molecule has 0 aromatic rings. The van der Waals surface area contributed by atoms with Crippen LogP contribution in [-0.4, -0.2) is 76.6 Å². The third kappa shape index (κ3) is 2.85. The SMILES string of the molecule is CC(C)(C)OC(=O)N1CCC(O)(C2(CO)CN3CCC2CC3)C1. The Morgan fingerprint density at radius 3 is 2.35 bits per heavy atom. The van der Waals surface area contributed by atoms with E-state index >= 15 is 0 Å². The Hall–Kier alpha value is -0.850. The first-order chi connectivity index (χ1) is 10.7. The number of amides is 1. The summed E-state index contributed by atoms with van der Waals surface area (Å²) in [5.41, 5.74) is -2.08. The van der Waals surface area contributed by atoms with Crippen LogP contribution in [0.2, 0.25) is 0 Å². The van der Waals surface area contributed by atoms with E-state index in [1.807, 2.05) is 20.8 Å². The van der Waals surface area contributed by atoms with Crippen LogP contribution in [0.3, 0.4) is 0 Å². The number of ether oxygens (including phenoxy) is 1. The molecule has 4 rings (SSSR count). The first-order valence-electron chi connectivity index (χ1n) is 8.73. The summed E-state index contributed by atoms with van der Waals surface area (Å²) in [6.07, 6.45) is 2.18. The highest BCUT2D eigenvalue weighted by atomic mass is 16.6. The summed E-state index contributed by atoms with van der Waals surface area (Å²) in [5.74, 6) is 0.334. The fourth-order valence-corrected chi connectivity index (χ4v) is 4.71. The smallest absolute Gasteiger partial charge is 0.410 e. The van der Waals surface area contributed by atoms with Gasteiger partial charge in [-0.05, 0) is 59.0 Å². The van der Waals surface area contributed by atoms with Crippen molar-refractivity contribution >= 4 is 6.09 Å². The predicted molar refractivity (Wildman–Crippen MR) is 86.1 cm³/mol. The Morgan fingerprint density at radius 2 is 1.87 bits per heavy atom. The molecule has 0 radical (unpaired) electrons. The summed E-state index contributed by atoms with van der Waals surface area (Å²) in [5, 5.41) is 21.5. The summed E-state index contributed by atoms with van der Waals surface area (Å²) >= 11 is 0. The minimum absolute atomic E-state index is 0.0210. The normalized spacial score (nSPS) is 40.5. The summed E-state index contributed by atoms with van der Waals surface area (Å²) in [6, 6.07) is 0. The van der Waals surface area contributed by atoms with Crippen molar-refractivity contribution in [3.05, 3.63) is 0 Å². The zero-order chi connectivity index (χ0) is 16.9. The molecule has 4 saturated heterocycles. The van der Waals surface area contributed by atoms with Gasteiger partial charge in [0.1, 0.15) is 5.60 Å². The Balaban J connectivity index is 1.76. The molecule has 2 atom stereocenters. The van der Waals surface area contributed by atoms with Crippen molar-refractivity contribution < 1.29 is 19.7 Å². The number of piperidine rings is 3. The first-order valence-corrected chi connectivity index (χ1v) is 8.73. The Labute approximate surface area is 138 Å². The van der Waals surface area contributed by atoms with E-state index in [9.17, 15) is 15.0 Å². The average Bonchev–Trinajstić information content (AvgIpc) is 2.91. The minimum Gasteiger partial charge on any atom is -0.444 e.